The van der Waals surface area contributed by atoms with Crippen molar-refractivity contribution in [3.8, 4) is 11.5 Å². The van der Waals surface area contributed by atoms with Gasteiger partial charge in [-0.15, -0.1) is 0 Å². The standard InChI is InChI=1S/C17H19Cl3N2O7/c1-27-13-4-11(15(25)22-6-10(24)3-9(22)7-23)12(5-14(13)28-2)21-16(26)29-8-17(18,19)20/h4-5,9,23H,3,6-8H2,1-2H3,(H,21,26)/t9-/m0/s1. The first-order valence-electron chi connectivity index (χ1n) is 8.29. The Labute approximate surface area is 181 Å². The summed E-state index contributed by atoms with van der Waals surface area (Å²) in [4.78, 5) is 38.1. The van der Waals surface area contributed by atoms with Gasteiger partial charge in [-0.1, -0.05) is 34.8 Å². The molecule has 2 amide bonds. The molecule has 2 rings (SSSR count). The number of Topliss-reactive ketones (excluding diaryl/α,β-unsaturated/α-hetero) is 1. The van der Waals surface area contributed by atoms with Crippen LogP contribution < -0.4 is 14.8 Å². The number of alkyl halides is 3. The summed E-state index contributed by atoms with van der Waals surface area (Å²) in [6, 6.07) is 2.05. The molecular weight excluding hydrogens is 451 g/mol. The number of carbonyl (C=O) groups is 3. The highest BCUT2D eigenvalue weighted by Gasteiger charge is 2.35. The molecule has 0 radical (unpaired) electrons. The number of nitrogens with zero attached hydrogens (tertiary/aromatic N) is 1. The van der Waals surface area contributed by atoms with Crippen molar-refractivity contribution in [1.82, 2.24) is 4.90 Å². The van der Waals surface area contributed by atoms with Crippen molar-refractivity contribution in [2.24, 2.45) is 0 Å². The number of ketones is 1. The summed E-state index contributed by atoms with van der Waals surface area (Å²) in [5.74, 6) is -0.318. The van der Waals surface area contributed by atoms with E-state index in [-0.39, 0.29) is 48.1 Å². The molecule has 0 unspecified atom stereocenters. The predicted octanol–water partition coefficient (Wildman–Crippen LogP) is 2.40. The normalized spacial score (nSPS) is 16.6. The number of methoxy groups -OCH3 is 2. The van der Waals surface area contributed by atoms with Gasteiger partial charge in [-0.3, -0.25) is 14.9 Å². The highest BCUT2D eigenvalue weighted by atomic mass is 35.6. The van der Waals surface area contributed by atoms with E-state index in [9.17, 15) is 19.5 Å². The largest absolute Gasteiger partial charge is 0.493 e. The van der Waals surface area contributed by atoms with Gasteiger partial charge in [0, 0.05) is 12.5 Å². The van der Waals surface area contributed by atoms with Crippen LogP contribution in [0.25, 0.3) is 0 Å². The highest BCUT2D eigenvalue weighted by molar-refractivity contribution is 6.67. The number of hydrogen-bond donors (Lipinski definition) is 2. The van der Waals surface area contributed by atoms with Crippen molar-refractivity contribution in [1.29, 1.82) is 0 Å². The van der Waals surface area contributed by atoms with E-state index in [4.69, 9.17) is 49.0 Å². The molecule has 29 heavy (non-hydrogen) atoms. The Hall–Kier alpha value is -1.94. The summed E-state index contributed by atoms with van der Waals surface area (Å²) < 4.78 is 13.4. The summed E-state index contributed by atoms with van der Waals surface area (Å²) in [5, 5.41) is 11.9. The number of likely N-dealkylation sites (tertiary alicyclic amines) is 1. The summed E-state index contributed by atoms with van der Waals surface area (Å²) in [6.45, 7) is -1.05. The Morgan fingerprint density at radius 1 is 1.24 bits per heavy atom. The number of aliphatic hydroxyl groups excluding tert-OH is 1. The average molecular weight is 470 g/mol. The van der Waals surface area contributed by atoms with Crippen LogP contribution in [0.5, 0.6) is 11.5 Å². The van der Waals surface area contributed by atoms with Gasteiger partial charge in [-0.05, 0) is 6.07 Å². The number of hydrogen-bond acceptors (Lipinski definition) is 7. The second-order valence-corrected chi connectivity index (χ2v) is 8.60. The first-order valence-corrected chi connectivity index (χ1v) is 9.43. The molecular formula is C17H19Cl3N2O7. The molecule has 1 saturated heterocycles. The topological polar surface area (TPSA) is 114 Å². The van der Waals surface area contributed by atoms with Crippen molar-refractivity contribution in [3.05, 3.63) is 17.7 Å². The molecule has 0 aliphatic carbocycles. The van der Waals surface area contributed by atoms with Gasteiger partial charge in [0.1, 0.15) is 6.61 Å². The Kier molecular flexibility index (Phi) is 7.81. The predicted molar refractivity (Wildman–Crippen MR) is 106 cm³/mol. The van der Waals surface area contributed by atoms with E-state index in [0.717, 1.165) is 0 Å². The average Bonchev–Trinajstić information content (AvgIpc) is 3.05. The van der Waals surface area contributed by atoms with Gasteiger partial charge in [0.05, 0.1) is 44.7 Å². The van der Waals surface area contributed by atoms with Gasteiger partial charge >= 0.3 is 6.09 Å². The quantitative estimate of drug-likeness (QED) is 0.615. The molecule has 0 bridgehead atoms. The van der Waals surface area contributed by atoms with Crippen LogP contribution in [0.15, 0.2) is 12.1 Å². The molecule has 1 aliphatic heterocycles. The van der Waals surface area contributed by atoms with E-state index in [0.29, 0.717) is 0 Å². The molecule has 160 valence electrons. The molecule has 1 heterocycles. The summed E-state index contributed by atoms with van der Waals surface area (Å²) >= 11 is 16.7. The van der Waals surface area contributed by atoms with Gasteiger partial charge in [0.25, 0.3) is 5.91 Å². The molecule has 1 aliphatic rings. The zero-order valence-electron chi connectivity index (χ0n) is 15.5. The lowest BCUT2D eigenvalue weighted by atomic mass is 10.1. The fourth-order valence-electron chi connectivity index (χ4n) is 2.76. The first kappa shape index (κ1) is 23.3. The second-order valence-electron chi connectivity index (χ2n) is 6.08. The van der Waals surface area contributed by atoms with Gasteiger partial charge in [0.15, 0.2) is 17.3 Å². The second kappa shape index (κ2) is 9.71. The molecule has 0 spiro atoms. The van der Waals surface area contributed by atoms with Crippen molar-refractivity contribution in [2.75, 3.05) is 39.3 Å². The van der Waals surface area contributed by atoms with Crippen molar-refractivity contribution in [2.45, 2.75) is 16.3 Å². The smallest absolute Gasteiger partial charge is 0.411 e. The van der Waals surface area contributed by atoms with Gasteiger partial charge in [-0.25, -0.2) is 4.79 Å². The maximum Gasteiger partial charge on any atom is 0.411 e. The molecule has 2 N–H and O–H groups in total. The molecule has 1 atom stereocenters. The van der Waals surface area contributed by atoms with Crippen molar-refractivity contribution >= 4 is 58.3 Å². The van der Waals surface area contributed by atoms with Crippen LogP contribution >= 0.6 is 34.8 Å². The number of benzene rings is 1. The number of carbonyl (C=O) groups excluding carboxylic acids is 3. The van der Waals surface area contributed by atoms with Crippen LogP contribution in [0.3, 0.4) is 0 Å². The SMILES string of the molecule is COc1cc(NC(=O)OCC(Cl)(Cl)Cl)c(C(=O)N2CC(=O)C[C@H]2CO)cc1OC. The zero-order chi connectivity index (χ0) is 21.8. The van der Waals surface area contributed by atoms with E-state index in [1.54, 1.807) is 0 Å². The van der Waals surface area contributed by atoms with E-state index < -0.39 is 28.4 Å². The number of halogens is 3. The van der Waals surface area contributed by atoms with Gasteiger partial charge in [0.2, 0.25) is 3.79 Å². The molecule has 0 saturated carbocycles. The minimum Gasteiger partial charge on any atom is -0.493 e. The minimum absolute atomic E-state index is 0.00151. The lowest BCUT2D eigenvalue weighted by Crippen LogP contribution is -2.38. The summed E-state index contributed by atoms with van der Waals surface area (Å²) in [5.41, 5.74) is 0.0274. The number of nitrogens with one attached hydrogen (secondary N) is 1. The van der Waals surface area contributed by atoms with Crippen molar-refractivity contribution < 1.29 is 33.7 Å². The third kappa shape index (κ3) is 6.02. The van der Waals surface area contributed by atoms with Crippen LogP contribution in [-0.2, 0) is 9.53 Å². The lowest BCUT2D eigenvalue weighted by molar-refractivity contribution is -0.116. The molecule has 12 heteroatoms. The lowest BCUT2D eigenvalue weighted by Gasteiger charge is -2.24. The van der Waals surface area contributed by atoms with E-state index >= 15 is 0 Å². The fourth-order valence-corrected chi connectivity index (χ4v) is 2.93. The van der Waals surface area contributed by atoms with Crippen molar-refractivity contribution in [3.63, 3.8) is 0 Å². The third-order valence-electron chi connectivity index (χ3n) is 4.08. The van der Waals surface area contributed by atoms with Crippen LogP contribution in [0, 0.1) is 0 Å². The van der Waals surface area contributed by atoms with E-state index in [2.05, 4.69) is 5.32 Å². The van der Waals surface area contributed by atoms with Gasteiger partial charge in [-0.2, -0.15) is 0 Å². The zero-order valence-corrected chi connectivity index (χ0v) is 17.8. The monoisotopic (exact) mass is 468 g/mol. The Morgan fingerprint density at radius 2 is 1.86 bits per heavy atom. The third-order valence-corrected chi connectivity index (χ3v) is 4.41. The van der Waals surface area contributed by atoms with Crippen LogP contribution in [0.1, 0.15) is 16.8 Å². The number of rotatable bonds is 6. The van der Waals surface area contributed by atoms with E-state index in [1.165, 1.54) is 31.3 Å². The number of amides is 2. The number of aliphatic hydroxyl groups is 1. The van der Waals surface area contributed by atoms with Crippen LogP contribution in [0.2, 0.25) is 0 Å². The fraction of sp³-hybridized carbons (Fsp3) is 0.471. The molecule has 1 aromatic carbocycles. The maximum absolute atomic E-state index is 13.1. The molecule has 9 nitrogen and oxygen atoms in total. The van der Waals surface area contributed by atoms with Crippen LogP contribution in [-0.4, -0.2) is 71.6 Å². The first-order chi connectivity index (χ1) is 13.6. The number of anilines is 1. The molecule has 1 aromatic rings. The highest BCUT2D eigenvalue weighted by Crippen LogP contribution is 2.35. The van der Waals surface area contributed by atoms with Gasteiger partial charge < -0.3 is 24.2 Å². The summed E-state index contributed by atoms with van der Waals surface area (Å²) in [6.07, 6.45) is -0.933. The van der Waals surface area contributed by atoms with Crippen LogP contribution in [0.4, 0.5) is 10.5 Å². The maximum atomic E-state index is 13.1. The Bertz CT molecular complexity index is 798. The Balaban J connectivity index is 2.37. The van der Waals surface area contributed by atoms with E-state index in [1.807, 2.05) is 0 Å². The molecule has 0 aromatic heterocycles. The molecule has 1 fully saturated rings. The minimum atomic E-state index is -1.81. The Morgan fingerprint density at radius 3 is 2.41 bits per heavy atom. The number of ether oxygens (including phenoxy) is 3. The summed E-state index contributed by atoms with van der Waals surface area (Å²) in [7, 11) is 2.76.